The number of aryl methyl sites for hydroxylation is 1. The van der Waals surface area contributed by atoms with Crippen LogP contribution in [0.3, 0.4) is 0 Å². The van der Waals surface area contributed by atoms with Gasteiger partial charge in [0.05, 0.1) is 11.1 Å². The maximum atomic E-state index is 13.5. The first-order valence-corrected chi connectivity index (χ1v) is 6.79. The van der Waals surface area contributed by atoms with E-state index in [-0.39, 0.29) is 5.02 Å². The van der Waals surface area contributed by atoms with E-state index in [2.05, 4.69) is 19.1 Å². The molecule has 0 spiro atoms. The fraction of sp³-hybridized carbons (Fsp3) is 0.250. The van der Waals surface area contributed by atoms with Crippen molar-refractivity contribution in [2.75, 3.05) is 0 Å². The summed E-state index contributed by atoms with van der Waals surface area (Å²) < 4.78 is 13.5. The Bertz CT molecular complexity index is 568. The number of benzene rings is 2. The van der Waals surface area contributed by atoms with E-state index >= 15 is 0 Å². The van der Waals surface area contributed by atoms with Crippen LogP contribution in [0, 0.1) is 5.82 Å². The Labute approximate surface area is 118 Å². The van der Waals surface area contributed by atoms with Gasteiger partial charge in [-0.2, -0.15) is 0 Å². The Hall–Kier alpha value is -1.38. The molecule has 0 aromatic heterocycles. The molecule has 0 aliphatic carbocycles. The lowest BCUT2D eigenvalue weighted by molar-refractivity contribution is 0.624. The average Bonchev–Trinajstić information content (AvgIpc) is 2.42. The van der Waals surface area contributed by atoms with Gasteiger partial charge >= 0.3 is 0 Å². The highest BCUT2D eigenvalue weighted by molar-refractivity contribution is 6.31. The fourth-order valence-corrected chi connectivity index (χ4v) is 2.41. The summed E-state index contributed by atoms with van der Waals surface area (Å²) in [7, 11) is 0. The maximum absolute atomic E-state index is 13.5. The Balaban J connectivity index is 2.35. The van der Waals surface area contributed by atoms with Crippen molar-refractivity contribution in [3.8, 4) is 0 Å². The summed E-state index contributed by atoms with van der Waals surface area (Å²) >= 11 is 5.98. The fourth-order valence-electron chi connectivity index (χ4n) is 2.17. The largest absolute Gasteiger partial charge is 0.320 e. The van der Waals surface area contributed by atoms with Gasteiger partial charge in [-0.05, 0) is 29.2 Å². The number of hydrogen-bond acceptors (Lipinski definition) is 1. The van der Waals surface area contributed by atoms with E-state index in [1.165, 1.54) is 11.6 Å². The Morgan fingerprint density at radius 1 is 1.21 bits per heavy atom. The molecule has 2 aromatic rings. The first-order valence-electron chi connectivity index (χ1n) is 6.41. The van der Waals surface area contributed by atoms with Crippen molar-refractivity contribution in [3.63, 3.8) is 0 Å². The minimum absolute atomic E-state index is 0.107. The van der Waals surface area contributed by atoms with Gasteiger partial charge in [0.25, 0.3) is 0 Å². The molecule has 0 saturated heterocycles. The summed E-state index contributed by atoms with van der Waals surface area (Å²) in [6, 6.07) is 12.4. The monoisotopic (exact) mass is 277 g/mol. The Morgan fingerprint density at radius 2 is 1.95 bits per heavy atom. The van der Waals surface area contributed by atoms with Crippen LogP contribution in [0.25, 0.3) is 0 Å². The second-order valence-corrected chi connectivity index (χ2v) is 4.99. The van der Waals surface area contributed by atoms with Crippen LogP contribution in [-0.4, -0.2) is 0 Å². The molecule has 1 nitrogen and oxygen atoms in total. The molecule has 0 saturated carbocycles. The molecule has 2 rings (SSSR count). The molecule has 2 N–H and O–H groups in total. The molecule has 0 heterocycles. The van der Waals surface area contributed by atoms with Gasteiger partial charge in [0, 0.05) is 0 Å². The van der Waals surface area contributed by atoms with Crippen LogP contribution in [0.15, 0.2) is 42.5 Å². The zero-order valence-corrected chi connectivity index (χ0v) is 11.6. The van der Waals surface area contributed by atoms with Gasteiger partial charge < -0.3 is 5.73 Å². The summed E-state index contributed by atoms with van der Waals surface area (Å²) in [5, 5.41) is 0.107. The zero-order chi connectivity index (χ0) is 13.8. The van der Waals surface area contributed by atoms with E-state index in [0.717, 1.165) is 18.4 Å². The Morgan fingerprint density at radius 3 is 2.68 bits per heavy atom. The first-order chi connectivity index (χ1) is 9.13. The van der Waals surface area contributed by atoms with E-state index in [0.29, 0.717) is 5.56 Å². The van der Waals surface area contributed by atoms with Gasteiger partial charge in [-0.3, -0.25) is 0 Å². The van der Waals surface area contributed by atoms with Gasteiger partial charge in [-0.15, -0.1) is 0 Å². The summed E-state index contributed by atoms with van der Waals surface area (Å²) in [6.45, 7) is 2.13. The molecule has 3 heteroatoms. The summed E-state index contributed by atoms with van der Waals surface area (Å²) in [6.07, 6.45) is 2.09. The summed E-state index contributed by atoms with van der Waals surface area (Å²) in [5.41, 5.74) is 9.02. The minimum Gasteiger partial charge on any atom is -0.320 e. The molecule has 0 aliphatic heterocycles. The lowest BCUT2D eigenvalue weighted by Crippen LogP contribution is -2.13. The van der Waals surface area contributed by atoms with Crippen LogP contribution in [0.5, 0.6) is 0 Å². The standard InChI is InChI=1S/C16H17ClFN/c1-2-5-11-6-3-7-12(10-11)16(19)13-8-4-9-14(18)15(13)17/h3-4,6-10,16H,2,5,19H2,1H3. The molecule has 1 atom stereocenters. The van der Waals surface area contributed by atoms with Crippen molar-refractivity contribution < 1.29 is 4.39 Å². The van der Waals surface area contributed by atoms with Crippen molar-refractivity contribution >= 4 is 11.6 Å². The van der Waals surface area contributed by atoms with Crippen molar-refractivity contribution in [1.29, 1.82) is 0 Å². The highest BCUT2D eigenvalue weighted by Gasteiger charge is 2.15. The molecule has 0 fully saturated rings. The molecule has 0 radical (unpaired) electrons. The SMILES string of the molecule is CCCc1cccc(C(N)c2cccc(F)c2Cl)c1. The zero-order valence-electron chi connectivity index (χ0n) is 10.9. The van der Waals surface area contributed by atoms with Crippen molar-refractivity contribution in [1.82, 2.24) is 0 Å². The van der Waals surface area contributed by atoms with Crippen LogP contribution >= 0.6 is 11.6 Å². The Kier molecular flexibility index (Phi) is 4.56. The minimum atomic E-state index is -0.431. The number of rotatable bonds is 4. The van der Waals surface area contributed by atoms with Gasteiger partial charge in [0.2, 0.25) is 0 Å². The average molecular weight is 278 g/mol. The first kappa shape index (κ1) is 14.0. The van der Waals surface area contributed by atoms with Crippen LogP contribution in [0.4, 0.5) is 4.39 Å². The van der Waals surface area contributed by atoms with Crippen molar-refractivity contribution in [3.05, 3.63) is 70.0 Å². The maximum Gasteiger partial charge on any atom is 0.142 e. The number of nitrogens with two attached hydrogens (primary N) is 1. The molecule has 0 amide bonds. The molecular formula is C16H17ClFN. The lowest BCUT2D eigenvalue weighted by atomic mass is 9.97. The van der Waals surface area contributed by atoms with E-state index in [1.54, 1.807) is 12.1 Å². The predicted molar refractivity (Wildman–Crippen MR) is 77.9 cm³/mol. The summed E-state index contributed by atoms with van der Waals surface area (Å²) in [4.78, 5) is 0. The van der Waals surface area contributed by atoms with Crippen LogP contribution < -0.4 is 5.73 Å². The van der Waals surface area contributed by atoms with E-state index in [1.807, 2.05) is 12.1 Å². The normalized spacial score (nSPS) is 12.4. The highest BCUT2D eigenvalue weighted by atomic mass is 35.5. The van der Waals surface area contributed by atoms with E-state index in [4.69, 9.17) is 17.3 Å². The topological polar surface area (TPSA) is 26.0 Å². The van der Waals surface area contributed by atoms with Crippen molar-refractivity contribution in [2.24, 2.45) is 5.73 Å². The number of hydrogen-bond donors (Lipinski definition) is 1. The van der Waals surface area contributed by atoms with Crippen LogP contribution in [0.2, 0.25) is 5.02 Å². The van der Waals surface area contributed by atoms with Crippen LogP contribution in [0.1, 0.15) is 36.1 Å². The lowest BCUT2D eigenvalue weighted by Gasteiger charge is -2.15. The quantitative estimate of drug-likeness (QED) is 0.876. The smallest absolute Gasteiger partial charge is 0.142 e. The third-order valence-electron chi connectivity index (χ3n) is 3.17. The van der Waals surface area contributed by atoms with E-state index in [9.17, 15) is 4.39 Å². The van der Waals surface area contributed by atoms with Gasteiger partial charge in [0.15, 0.2) is 0 Å². The third-order valence-corrected chi connectivity index (χ3v) is 3.56. The molecular weight excluding hydrogens is 261 g/mol. The molecule has 1 unspecified atom stereocenters. The highest BCUT2D eigenvalue weighted by Crippen LogP contribution is 2.28. The molecule has 100 valence electrons. The van der Waals surface area contributed by atoms with Gasteiger partial charge in [0.1, 0.15) is 5.82 Å². The third kappa shape index (κ3) is 3.14. The predicted octanol–water partition coefficient (Wildman–Crippen LogP) is 4.48. The van der Waals surface area contributed by atoms with Gasteiger partial charge in [-0.1, -0.05) is 61.3 Å². The van der Waals surface area contributed by atoms with Crippen LogP contribution in [-0.2, 0) is 6.42 Å². The molecule has 2 aromatic carbocycles. The van der Waals surface area contributed by atoms with E-state index < -0.39 is 11.9 Å². The second-order valence-electron chi connectivity index (χ2n) is 4.62. The molecule has 0 aliphatic rings. The second kappa shape index (κ2) is 6.18. The number of halogens is 2. The van der Waals surface area contributed by atoms with Gasteiger partial charge in [-0.25, -0.2) is 4.39 Å². The molecule has 19 heavy (non-hydrogen) atoms. The van der Waals surface area contributed by atoms with Crippen molar-refractivity contribution in [2.45, 2.75) is 25.8 Å². The molecule has 0 bridgehead atoms. The summed E-state index contributed by atoms with van der Waals surface area (Å²) in [5.74, 6) is -0.431.